The Labute approximate surface area is 197 Å². The molecule has 2 aromatic rings. The maximum absolute atomic E-state index is 13.6. The van der Waals surface area contributed by atoms with Gasteiger partial charge in [-0.3, -0.25) is 13.9 Å². The summed E-state index contributed by atoms with van der Waals surface area (Å²) in [6.07, 6.45) is 2.29. The molecule has 0 heterocycles. The number of hydrogen-bond donors (Lipinski definition) is 1. The highest BCUT2D eigenvalue weighted by Crippen LogP contribution is 2.25. The molecule has 0 aliphatic heterocycles. The first-order valence-corrected chi connectivity index (χ1v) is 13.1. The summed E-state index contributed by atoms with van der Waals surface area (Å²) in [4.78, 5) is 28.0. The molecule has 0 aliphatic rings. The molecule has 0 saturated carbocycles. The monoisotopic (exact) mass is 473 g/mol. The van der Waals surface area contributed by atoms with Crippen LogP contribution in [0.3, 0.4) is 0 Å². The van der Waals surface area contributed by atoms with Gasteiger partial charge in [-0.1, -0.05) is 56.3 Å². The highest BCUT2D eigenvalue weighted by atomic mass is 32.2. The van der Waals surface area contributed by atoms with Crippen molar-refractivity contribution in [3.63, 3.8) is 0 Å². The Hall–Kier alpha value is -2.87. The fraction of sp³-hybridized carbons (Fsp3) is 0.440. The Kier molecular flexibility index (Phi) is 9.46. The normalized spacial score (nSPS) is 12.2. The minimum absolute atomic E-state index is 0.210. The summed E-state index contributed by atoms with van der Waals surface area (Å²) in [7, 11) is -3.74. The number of carbonyl (C=O) groups is 2. The number of nitrogens with zero attached hydrogens (tertiary/aromatic N) is 2. The fourth-order valence-electron chi connectivity index (χ4n) is 3.67. The van der Waals surface area contributed by atoms with E-state index in [1.54, 1.807) is 12.1 Å². The molecule has 2 rings (SSSR count). The smallest absolute Gasteiger partial charge is 0.244 e. The predicted octanol–water partition coefficient (Wildman–Crippen LogP) is 3.40. The summed E-state index contributed by atoms with van der Waals surface area (Å²) < 4.78 is 26.5. The van der Waals surface area contributed by atoms with Gasteiger partial charge in [-0.15, -0.1) is 0 Å². The minimum atomic E-state index is -3.74. The van der Waals surface area contributed by atoms with Crippen molar-refractivity contribution in [3.05, 3.63) is 65.2 Å². The van der Waals surface area contributed by atoms with Gasteiger partial charge < -0.3 is 10.2 Å². The predicted molar refractivity (Wildman–Crippen MR) is 132 cm³/mol. The second-order valence-corrected chi connectivity index (χ2v) is 10.1. The standard InChI is InChI=1S/C25H35N3O4S/c1-6-16-26-25(30)22(7-2)27(17-21-13-9-8-10-14-21)24(29)18-28(33(5,31)32)23-15-11-12-19(3)20(23)4/h8-15,22H,6-7,16-18H2,1-5H3,(H,26,30)/t22-/m1/s1. The third kappa shape index (κ3) is 7.05. The summed E-state index contributed by atoms with van der Waals surface area (Å²) in [5.41, 5.74) is 3.05. The summed E-state index contributed by atoms with van der Waals surface area (Å²) in [6, 6.07) is 14.1. The highest BCUT2D eigenvalue weighted by Gasteiger charge is 2.32. The number of carbonyl (C=O) groups excluding carboxylic acids is 2. The van der Waals surface area contributed by atoms with Gasteiger partial charge in [0.2, 0.25) is 21.8 Å². The second kappa shape index (κ2) is 11.8. The van der Waals surface area contributed by atoms with Crippen LogP contribution in [0.25, 0.3) is 0 Å². The van der Waals surface area contributed by atoms with Gasteiger partial charge in [-0.05, 0) is 49.4 Å². The molecule has 0 unspecified atom stereocenters. The van der Waals surface area contributed by atoms with E-state index >= 15 is 0 Å². The van der Waals surface area contributed by atoms with Crippen LogP contribution in [0.15, 0.2) is 48.5 Å². The lowest BCUT2D eigenvalue weighted by molar-refractivity contribution is -0.140. The van der Waals surface area contributed by atoms with Crippen LogP contribution in [-0.4, -0.2) is 50.5 Å². The van der Waals surface area contributed by atoms with Gasteiger partial charge in [-0.25, -0.2) is 8.42 Å². The molecule has 0 radical (unpaired) electrons. The Morgan fingerprint density at radius 1 is 1.00 bits per heavy atom. The Morgan fingerprint density at radius 2 is 1.67 bits per heavy atom. The first-order valence-electron chi connectivity index (χ1n) is 11.2. The summed E-state index contributed by atoms with van der Waals surface area (Å²) >= 11 is 0. The van der Waals surface area contributed by atoms with Gasteiger partial charge in [0.1, 0.15) is 12.6 Å². The third-order valence-corrected chi connectivity index (χ3v) is 6.78. The molecule has 0 aromatic heterocycles. The van der Waals surface area contributed by atoms with Crippen molar-refractivity contribution in [1.82, 2.24) is 10.2 Å². The van der Waals surface area contributed by atoms with Crippen LogP contribution in [-0.2, 0) is 26.2 Å². The largest absolute Gasteiger partial charge is 0.354 e. The van der Waals surface area contributed by atoms with E-state index in [1.165, 1.54) is 4.90 Å². The first-order chi connectivity index (χ1) is 15.6. The van der Waals surface area contributed by atoms with Gasteiger partial charge in [0.25, 0.3) is 0 Å². The zero-order valence-electron chi connectivity index (χ0n) is 20.2. The van der Waals surface area contributed by atoms with Crippen molar-refractivity contribution >= 4 is 27.5 Å². The average molecular weight is 474 g/mol. The van der Waals surface area contributed by atoms with Crippen LogP contribution in [0.2, 0.25) is 0 Å². The number of benzene rings is 2. The maximum Gasteiger partial charge on any atom is 0.244 e. The number of rotatable bonds is 11. The Balaban J connectivity index is 2.44. The van der Waals surface area contributed by atoms with Gasteiger partial charge in [0.15, 0.2) is 0 Å². The number of amides is 2. The third-order valence-electron chi connectivity index (χ3n) is 5.65. The van der Waals surface area contributed by atoms with Crippen molar-refractivity contribution < 1.29 is 18.0 Å². The molecule has 180 valence electrons. The van der Waals surface area contributed by atoms with Crippen molar-refractivity contribution in [2.75, 3.05) is 23.7 Å². The topological polar surface area (TPSA) is 86.8 Å². The number of sulfonamides is 1. The molecule has 1 N–H and O–H groups in total. The fourth-order valence-corrected chi connectivity index (χ4v) is 4.57. The molecule has 7 nitrogen and oxygen atoms in total. The summed E-state index contributed by atoms with van der Waals surface area (Å²) in [5.74, 6) is -0.662. The van der Waals surface area contributed by atoms with Crippen molar-refractivity contribution in [3.8, 4) is 0 Å². The first kappa shape index (κ1) is 26.4. The maximum atomic E-state index is 13.6. The summed E-state index contributed by atoms with van der Waals surface area (Å²) in [5, 5.41) is 2.87. The van der Waals surface area contributed by atoms with Crippen LogP contribution in [0.5, 0.6) is 0 Å². The van der Waals surface area contributed by atoms with Gasteiger partial charge in [0, 0.05) is 13.1 Å². The molecule has 8 heteroatoms. The number of anilines is 1. The van der Waals surface area contributed by atoms with Crippen LogP contribution in [0.4, 0.5) is 5.69 Å². The van der Waals surface area contributed by atoms with Gasteiger partial charge >= 0.3 is 0 Å². The average Bonchev–Trinajstić information content (AvgIpc) is 2.77. The summed E-state index contributed by atoms with van der Waals surface area (Å²) in [6.45, 7) is 7.88. The van der Waals surface area contributed by atoms with Gasteiger partial charge in [-0.2, -0.15) is 0 Å². The highest BCUT2D eigenvalue weighted by molar-refractivity contribution is 7.92. The minimum Gasteiger partial charge on any atom is -0.354 e. The molecule has 0 spiro atoms. The molecule has 0 aliphatic carbocycles. The quantitative estimate of drug-likeness (QED) is 0.542. The zero-order valence-corrected chi connectivity index (χ0v) is 21.0. The number of nitrogens with one attached hydrogen (secondary N) is 1. The van der Waals surface area contributed by atoms with Crippen LogP contribution >= 0.6 is 0 Å². The lowest BCUT2D eigenvalue weighted by atomic mass is 10.1. The molecule has 33 heavy (non-hydrogen) atoms. The Bertz CT molecular complexity index is 1050. The van der Waals surface area contributed by atoms with E-state index in [4.69, 9.17) is 0 Å². The van der Waals surface area contributed by atoms with Gasteiger partial charge in [0.05, 0.1) is 11.9 Å². The number of aryl methyl sites for hydroxylation is 1. The molecule has 2 amide bonds. The van der Waals surface area contributed by atoms with E-state index in [2.05, 4.69) is 5.32 Å². The molecular weight excluding hydrogens is 438 g/mol. The lowest BCUT2D eigenvalue weighted by Gasteiger charge is -2.33. The number of hydrogen-bond acceptors (Lipinski definition) is 4. The Morgan fingerprint density at radius 3 is 2.24 bits per heavy atom. The lowest BCUT2D eigenvalue weighted by Crippen LogP contribution is -2.52. The van der Waals surface area contributed by atoms with E-state index in [0.29, 0.717) is 18.7 Å². The van der Waals surface area contributed by atoms with E-state index in [1.807, 2.05) is 64.1 Å². The molecule has 2 aromatic carbocycles. The van der Waals surface area contributed by atoms with Crippen LogP contribution in [0, 0.1) is 13.8 Å². The van der Waals surface area contributed by atoms with Crippen molar-refractivity contribution in [2.24, 2.45) is 0 Å². The zero-order chi connectivity index (χ0) is 24.6. The molecule has 1 atom stereocenters. The van der Waals surface area contributed by atoms with Crippen molar-refractivity contribution in [2.45, 2.75) is 53.1 Å². The SMILES string of the molecule is CCCNC(=O)[C@@H](CC)N(Cc1ccccc1)C(=O)CN(c1cccc(C)c1C)S(C)(=O)=O. The van der Waals surface area contributed by atoms with E-state index < -0.39 is 22.0 Å². The van der Waals surface area contributed by atoms with E-state index in [-0.39, 0.29) is 19.0 Å². The van der Waals surface area contributed by atoms with Crippen LogP contribution in [0.1, 0.15) is 43.4 Å². The van der Waals surface area contributed by atoms with Crippen LogP contribution < -0.4 is 9.62 Å². The van der Waals surface area contributed by atoms with E-state index in [0.717, 1.165) is 33.7 Å². The van der Waals surface area contributed by atoms with Crippen molar-refractivity contribution in [1.29, 1.82) is 0 Å². The molecule has 0 saturated heterocycles. The molecular formula is C25H35N3O4S. The molecule has 0 bridgehead atoms. The molecule has 0 fully saturated rings. The van der Waals surface area contributed by atoms with E-state index in [9.17, 15) is 18.0 Å². The second-order valence-electron chi connectivity index (χ2n) is 8.21.